The van der Waals surface area contributed by atoms with Crippen LogP contribution in [0.4, 0.5) is 0 Å². The monoisotopic (exact) mass is 285 g/mol. The first-order valence-corrected chi connectivity index (χ1v) is 8.36. The molecule has 0 bridgehead atoms. The Labute approximate surface area is 115 Å². The summed E-state index contributed by atoms with van der Waals surface area (Å²) in [6.07, 6.45) is 4.73. The van der Waals surface area contributed by atoms with Gasteiger partial charge in [-0.1, -0.05) is 6.92 Å². The predicted octanol–water partition coefficient (Wildman–Crippen LogP) is 1.31. The SMILES string of the molecule is CCCNCc1cc(S(=O)(=O)N2CCCC2)cn1C. The quantitative estimate of drug-likeness (QED) is 0.802. The Kier molecular flexibility index (Phi) is 4.65. The summed E-state index contributed by atoms with van der Waals surface area (Å²) in [4.78, 5) is 0.421. The highest BCUT2D eigenvalue weighted by Gasteiger charge is 2.28. The number of nitrogens with one attached hydrogen (secondary N) is 1. The normalized spacial score (nSPS) is 17.2. The molecule has 1 aromatic rings. The summed E-state index contributed by atoms with van der Waals surface area (Å²) >= 11 is 0. The number of hydrogen-bond acceptors (Lipinski definition) is 3. The van der Waals surface area contributed by atoms with Crippen LogP contribution in [0.25, 0.3) is 0 Å². The van der Waals surface area contributed by atoms with Crippen LogP contribution in [0.5, 0.6) is 0 Å². The summed E-state index contributed by atoms with van der Waals surface area (Å²) in [5.74, 6) is 0. The van der Waals surface area contributed by atoms with E-state index < -0.39 is 10.0 Å². The van der Waals surface area contributed by atoms with E-state index in [-0.39, 0.29) is 0 Å². The van der Waals surface area contributed by atoms with Crippen molar-refractivity contribution in [3.63, 3.8) is 0 Å². The topological polar surface area (TPSA) is 54.3 Å². The van der Waals surface area contributed by atoms with Crippen molar-refractivity contribution >= 4 is 10.0 Å². The van der Waals surface area contributed by atoms with Crippen molar-refractivity contribution in [2.75, 3.05) is 19.6 Å². The van der Waals surface area contributed by atoms with E-state index in [2.05, 4.69) is 12.2 Å². The van der Waals surface area contributed by atoms with E-state index in [9.17, 15) is 8.42 Å². The maximum atomic E-state index is 12.4. The Morgan fingerprint density at radius 3 is 2.63 bits per heavy atom. The van der Waals surface area contributed by atoms with E-state index in [1.807, 2.05) is 11.6 Å². The van der Waals surface area contributed by atoms with Crippen molar-refractivity contribution in [1.29, 1.82) is 0 Å². The lowest BCUT2D eigenvalue weighted by Crippen LogP contribution is -2.27. The van der Waals surface area contributed by atoms with Gasteiger partial charge in [0.25, 0.3) is 0 Å². The minimum Gasteiger partial charge on any atom is -0.352 e. The fourth-order valence-corrected chi connectivity index (χ4v) is 3.98. The summed E-state index contributed by atoms with van der Waals surface area (Å²) in [6, 6.07) is 1.79. The van der Waals surface area contributed by atoms with E-state index >= 15 is 0 Å². The van der Waals surface area contributed by atoms with Gasteiger partial charge in [-0.2, -0.15) is 4.31 Å². The molecule has 1 aromatic heterocycles. The summed E-state index contributed by atoms with van der Waals surface area (Å²) in [5.41, 5.74) is 1.01. The van der Waals surface area contributed by atoms with Gasteiger partial charge >= 0.3 is 0 Å². The van der Waals surface area contributed by atoms with Crippen molar-refractivity contribution in [2.24, 2.45) is 7.05 Å². The molecular formula is C13H23N3O2S. The van der Waals surface area contributed by atoms with E-state index in [0.717, 1.165) is 31.5 Å². The van der Waals surface area contributed by atoms with Gasteiger partial charge in [0.05, 0.1) is 0 Å². The van der Waals surface area contributed by atoms with Gasteiger partial charge in [0.1, 0.15) is 4.90 Å². The predicted molar refractivity (Wildman–Crippen MR) is 75.4 cm³/mol. The van der Waals surface area contributed by atoms with Crippen molar-refractivity contribution < 1.29 is 8.42 Å². The molecule has 1 aliphatic heterocycles. The van der Waals surface area contributed by atoms with Gasteiger partial charge in [-0.05, 0) is 31.9 Å². The number of rotatable bonds is 6. The molecule has 0 saturated carbocycles. The molecule has 0 spiro atoms. The molecule has 0 radical (unpaired) electrons. The highest BCUT2D eigenvalue weighted by molar-refractivity contribution is 7.89. The number of nitrogens with zero attached hydrogens (tertiary/aromatic N) is 2. The van der Waals surface area contributed by atoms with Gasteiger partial charge in [-0.25, -0.2) is 8.42 Å². The van der Waals surface area contributed by atoms with Crippen LogP contribution in [0.1, 0.15) is 31.9 Å². The van der Waals surface area contributed by atoms with Crippen molar-refractivity contribution in [1.82, 2.24) is 14.2 Å². The van der Waals surface area contributed by atoms with Crippen LogP contribution in [-0.4, -0.2) is 36.9 Å². The number of aryl methyl sites for hydroxylation is 1. The molecule has 1 aliphatic rings. The zero-order valence-electron chi connectivity index (χ0n) is 11.7. The molecule has 1 N–H and O–H groups in total. The third-order valence-corrected chi connectivity index (χ3v) is 5.38. The third-order valence-electron chi connectivity index (χ3n) is 3.52. The lowest BCUT2D eigenvalue weighted by Gasteiger charge is -2.13. The van der Waals surface area contributed by atoms with Crippen LogP contribution in [0.2, 0.25) is 0 Å². The van der Waals surface area contributed by atoms with Crippen LogP contribution < -0.4 is 5.32 Å². The fraction of sp³-hybridized carbons (Fsp3) is 0.692. The van der Waals surface area contributed by atoms with Crippen LogP contribution in [-0.2, 0) is 23.6 Å². The minimum absolute atomic E-state index is 0.421. The molecule has 0 unspecified atom stereocenters. The second-order valence-electron chi connectivity index (χ2n) is 5.07. The summed E-state index contributed by atoms with van der Waals surface area (Å²) in [7, 11) is -1.39. The molecule has 2 rings (SSSR count). The molecular weight excluding hydrogens is 262 g/mol. The number of sulfonamides is 1. The Morgan fingerprint density at radius 1 is 1.32 bits per heavy atom. The van der Waals surface area contributed by atoms with E-state index in [1.165, 1.54) is 0 Å². The molecule has 0 aromatic carbocycles. The number of hydrogen-bond donors (Lipinski definition) is 1. The van der Waals surface area contributed by atoms with Gasteiger partial charge in [-0.3, -0.25) is 0 Å². The van der Waals surface area contributed by atoms with Gasteiger partial charge in [-0.15, -0.1) is 0 Å². The Hall–Kier alpha value is -0.850. The van der Waals surface area contributed by atoms with Crippen molar-refractivity contribution in [2.45, 2.75) is 37.6 Å². The molecule has 19 heavy (non-hydrogen) atoms. The molecule has 108 valence electrons. The molecule has 1 saturated heterocycles. The first-order chi connectivity index (χ1) is 9.05. The Bertz CT molecular complexity index is 516. The standard InChI is InChI=1S/C13H23N3O2S/c1-3-6-14-10-12-9-13(11-15(12)2)19(17,18)16-7-4-5-8-16/h9,11,14H,3-8,10H2,1-2H3. The van der Waals surface area contributed by atoms with Gasteiger partial charge < -0.3 is 9.88 Å². The first-order valence-electron chi connectivity index (χ1n) is 6.92. The highest BCUT2D eigenvalue weighted by Crippen LogP contribution is 2.22. The molecule has 0 amide bonds. The van der Waals surface area contributed by atoms with Crippen LogP contribution >= 0.6 is 0 Å². The highest BCUT2D eigenvalue weighted by atomic mass is 32.2. The van der Waals surface area contributed by atoms with Crippen molar-refractivity contribution in [3.8, 4) is 0 Å². The maximum absolute atomic E-state index is 12.4. The van der Waals surface area contributed by atoms with E-state index in [0.29, 0.717) is 24.5 Å². The smallest absolute Gasteiger partial charge is 0.244 e. The van der Waals surface area contributed by atoms with Crippen molar-refractivity contribution in [3.05, 3.63) is 18.0 Å². The van der Waals surface area contributed by atoms with E-state index in [4.69, 9.17) is 0 Å². The van der Waals surface area contributed by atoms with Gasteiger partial charge in [0, 0.05) is 38.6 Å². The molecule has 6 heteroatoms. The lowest BCUT2D eigenvalue weighted by atomic mass is 10.4. The second kappa shape index (κ2) is 6.07. The van der Waals surface area contributed by atoms with Crippen LogP contribution in [0, 0.1) is 0 Å². The second-order valence-corrected chi connectivity index (χ2v) is 7.00. The molecule has 1 fully saturated rings. The summed E-state index contributed by atoms with van der Waals surface area (Å²) in [5, 5.41) is 3.30. The third kappa shape index (κ3) is 3.19. The van der Waals surface area contributed by atoms with E-state index in [1.54, 1.807) is 16.6 Å². The largest absolute Gasteiger partial charge is 0.352 e. The van der Waals surface area contributed by atoms with Crippen LogP contribution in [0.3, 0.4) is 0 Å². The van der Waals surface area contributed by atoms with Gasteiger partial charge in [0.15, 0.2) is 0 Å². The summed E-state index contributed by atoms with van der Waals surface area (Å²) < 4.78 is 28.3. The zero-order valence-corrected chi connectivity index (χ0v) is 12.5. The molecule has 0 atom stereocenters. The minimum atomic E-state index is -3.29. The van der Waals surface area contributed by atoms with Crippen LogP contribution in [0.15, 0.2) is 17.2 Å². The van der Waals surface area contributed by atoms with Gasteiger partial charge in [0.2, 0.25) is 10.0 Å². The fourth-order valence-electron chi connectivity index (χ4n) is 2.36. The summed E-state index contributed by atoms with van der Waals surface area (Å²) in [6.45, 7) is 5.07. The average Bonchev–Trinajstić information content (AvgIpc) is 3.00. The Balaban J connectivity index is 2.14. The first kappa shape index (κ1) is 14.6. The number of aromatic nitrogens is 1. The zero-order chi connectivity index (χ0) is 13.9. The molecule has 2 heterocycles. The molecule has 5 nitrogen and oxygen atoms in total. The maximum Gasteiger partial charge on any atom is 0.244 e. The Morgan fingerprint density at radius 2 is 2.00 bits per heavy atom. The average molecular weight is 285 g/mol. The molecule has 0 aliphatic carbocycles. The lowest BCUT2D eigenvalue weighted by molar-refractivity contribution is 0.477.